The van der Waals surface area contributed by atoms with Crippen molar-refractivity contribution in [1.82, 2.24) is 15.1 Å². The van der Waals surface area contributed by atoms with Crippen molar-refractivity contribution in [2.75, 3.05) is 46.0 Å². The van der Waals surface area contributed by atoms with E-state index in [4.69, 9.17) is 10.5 Å². The minimum absolute atomic E-state index is 0.0694. The molecule has 0 bridgehead atoms. The Balaban J connectivity index is 1.66. The molecule has 1 aromatic rings. The summed E-state index contributed by atoms with van der Waals surface area (Å²) in [7, 11) is 0. The van der Waals surface area contributed by atoms with Crippen LogP contribution in [0.25, 0.3) is 0 Å². The van der Waals surface area contributed by atoms with E-state index in [1.165, 1.54) is 5.56 Å². The Morgan fingerprint density at radius 1 is 1.22 bits per heavy atom. The lowest BCUT2D eigenvalue weighted by molar-refractivity contribution is 0.135. The van der Waals surface area contributed by atoms with Crippen LogP contribution in [0, 0.1) is 0 Å². The molecule has 1 aliphatic rings. The third-order valence-electron chi connectivity index (χ3n) is 4.03. The Kier molecular flexibility index (Phi) is 7.16. The van der Waals surface area contributed by atoms with Gasteiger partial charge in [0.15, 0.2) is 6.73 Å². The fourth-order valence-electron chi connectivity index (χ4n) is 2.69. The number of nitrogens with zero attached hydrogens (tertiary/aromatic N) is 2. The van der Waals surface area contributed by atoms with Crippen LogP contribution in [-0.2, 0) is 6.42 Å². The zero-order valence-corrected chi connectivity index (χ0v) is 14.0. The van der Waals surface area contributed by atoms with E-state index in [1.54, 1.807) is 0 Å². The molecule has 1 aromatic carbocycles. The minimum Gasteiger partial charge on any atom is -0.473 e. The van der Waals surface area contributed by atoms with Gasteiger partial charge in [0, 0.05) is 39.3 Å². The van der Waals surface area contributed by atoms with Crippen molar-refractivity contribution in [2.45, 2.75) is 19.8 Å². The summed E-state index contributed by atoms with van der Waals surface area (Å²) in [6.45, 7) is 7.14. The van der Waals surface area contributed by atoms with Crippen LogP contribution in [0.1, 0.15) is 18.9 Å². The van der Waals surface area contributed by atoms with Gasteiger partial charge in [-0.1, -0.05) is 25.5 Å². The summed E-state index contributed by atoms with van der Waals surface area (Å²) in [5.74, 6) is 0.776. The molecule has 1 fully saturated rings. The molecule has 1 aliphatic heterocycles. The summed E-state index contributed by atoms with van der Waals surface area (Å²) >= 11 is 0. The second kappa shape index (κ2) is 9.37. The fraction of sp³-hybridized carbons (Fsp3) is 0.588. The van der Waals surface area contributed by atoms with Gasteiger partial charge in [-0.3, -0.25) is 4.90 Å². The first-order chi connectivity index (χ1) is 11.2. The van der Waals surface area contributed by atoms with Crippen LogP contribution in [-0.4, -0.2) is 61.8 Å². The SMILES string of the molecule is CCCc1ccc(OCNC(=O)N2CCN(CCN)CC2)cc1. The summed E-state index contributed by atoms with van der Waals surface area (Å²) in [5.41, 5.74) is 6.85. The van der Waals surface area contributed by atoms with Crippen LogP contribution in [0.15, 0.2) is 24.3 Å². The molecule has 3 N–H and O–H groups in total. The topological polar surface area (TPSA) is 70.8 Å². The van der Waals surface area contributed by atoms with E-state index in [1.807, 2.05) is 17.0 Å². The third-order valence-corrected chi connectivity index (χ3v) is 4.03. The van der Waals surface area contributed by atoms with Gasteiger partial charge < -0.3 is 20.7 Å². The number of urea groups is 1. The van der Waals surface area contributed by atoms with Gasteiger partial charge in [-0.15, -0.1) is 0 Å². The highest BCUT2D eigenvalue weighted by Gasteiger charge is 2.20. The Morgan fingerprint density at radius 2 is 1.91 bits per heavy atom. The number of rotatable bonds is 7. The third kappa shape index (κ3) is 5.73. The first-order valence-corrected chi connectivity index (χ1v) is 8.40. The maximum atomic E-state index is 12.1. The molecule has 6 nitrogen and oxygen atoms in total. The van der Waals surface area contributed by atoms with Gasteiger partial charge >= 0.3 is 6.03 Å². The molecule has 0 aliphatic carbocycles. The van der Waals surface area contributed by atoms with Crippen LogP contribution in [0.5, 0.6) is 5.75 Å². The molecule has 0 radical (unpaired) electrons. The summed E-state index contributed by atoms with van der Waals surface area (Å²) in [6, 6.07) is 7.96. The maximum Gasteiger partial charge on any atom is 0.320 e. The minimum atomic E-state index is -0.0694. The number of nitrogens with two attached hydrogens (primary N) is 1. The van der Waals surface area contributed by atoms with Gasteiger partial charge in [0.2, 0.25) is 0 Å². The molecule has 0 atom stereocenters. The number of nitrogens with one attached hydrogen (secondary N) is 1. The van der Waals surface area contributed by atoms with Crippen molar-refractivity contribution in [3.63, 3.8) is 0 Å². The lowest BCUT2D eigenvalue weighted by Gasteiger charge is -2.34. The van der Waals surface area contributed by atoms with Crippen molar-refractivity contribution in [3.8, 4) is 5.75 Å². The van der Waals surface area contributed by atoms with Gasteiger partial charge in [0.25, 0.3) is 0 Å². The quantitative estimate of drug-likeness (QED) is 0.742. The molecule has 0 spiro atoms. The van der Waals surface area contributed by atoms with E-state index in [9.17, 15) is 4.79 Å². The number of benzene rings is 1. The van der Waals surface area contributed by atoms with Gasteiger partial charge in [0.05, 0.1) is 0 Å². The predicted molar refractivity (Wildman–Crippen MR) is 91.5 cm³/mol. The second-order valence-corrected chi connectivity index (χ2v) is 5.78. The highest BCUT2D eigenvalue weighted by molar-refractivity contribution is 5.74. The van der Waals surface area contributed by atoms with Crippen molar-refractivity contribution in [3.05, 3.63) is 29.8 Å². The number of ether oxygens (including phenoxy) is 1. The lowest BCUT2D eigenvalue weighted by atomic mass is 10.1. The Morgan fingerprint density at radius 3 is 2.52 bits per heavy atom. The highest BCUT2D eigenvalue weighted by Crippen LogP contribution is 2.13. The second-order valence-electron chi connectivity index (χ2n) is 5.78. The summed E-state index contributed by atoms with van der Waals surface area (Å²) in [4.78, 5) is 16.2. The smallest absolute Gasteiger partial charge is 0.320 e. The monoisotopic (exact) mass is 320 g/mol. The molecule has 0 aromatic heterocycles. The van der Waals surface area contributed by atoms with E-state index in [2.05, 4.69) is 29.3 Å². The first-order valence-electron chi connectivity index (χ1n) is 8.40. The van der Waals surface area contributed by atoms with Crippen LogP contribution in [0.2, 0.25) is 0 Å². The van der Waals surface area contributed by atoms with E-state index in [0.29, 0.717) is 6.54 Å². The molecule has 2 amide bonds. The number of carbonyl (C=O) groups is 1. The van der Waals surface area contributed by atoms with Crippen molar-refractivity contribution in [1.29, 1.82) is 0 Å². The number of piperazine rings is 1. The number of hydrogen-bond donors (Lipinski definition) is 2. The summed E-state index contributed by atoms with van der Waals surface area (Å²) in [5, 5.41) is 2.81. The predicted octanol–water partition coefficient (Wildman–Crippen LogP) is 1.26. The molecular weight excluding hydrogens is 292 g/mol. The zero-order chi connectivity index (χ0) is 16.5. The number of amides is 2. The Hall–Kier alpha value is -1.79. The highest BCUT2D eigenvalue weighted by atomic mass is 16.5. The number of hydrogen-bond acceptors (Lipinski definition) is 4. The van der Waals surface area contributed by atoms with E-state index in [-0.39, 0.29) is 12.8 Å². The standard InChI is InChI=1S/C17H28N4O2/c1-2-3-15-4-6-16(7-5-15)23-14-19-17(22)21-12-10-20(9-8-18)11-13-21/h4-7H,2-3,8-14,18H2,1H3,(H,19,22). The van der Waals surface area contributed by atoms with Crippen LogP contribution >= 0.6 is 0 Å². The molecule has 1 saturated heterocycles. The molecule has 1 heterocycles. The van der Waals surface area contributed by atoms with Gasteiger partial charge in [-0.25, -0.2) is 4.79 Å². The molecule has 23 heavy (non-hydrogen) atoms. The average Bonchev–Trinajstić information content (AvgIpc) is 2.57. The van der Waals surface area contributed by atoms with Crippen molar-refractivity contribution >= 4 is 6.03 Å². The van der Waals surface area contributed by atoms with Crippen LogP contribution in [0.4, 0.5) is 4.79 Å². The number of carbonyl (C=O) groups excluding carboxylic acids is 1. The van der Waals surface area contributed by atoms with Crippen LogP contribution in [0.3, 0.4) is 0 Å². The Labute approximate surface area is 138 Å². The first kappa shape index (κ1) is 17.6. The number of aryl methyl sites for hydroxylation is 1. The van der Waals surface area contributed by atoms with Crippen LogP contribution < -0.4 is 15.8 Å². The molecular formula is C17H28N4O2. The molecule has 6 heteroatoms. The Bertz CT molecular complexity index is 470. The van der Waals surface area contributed by atoms with E-state index >= 15 is 0 Å². The summed E-state index contributed by atoms with van der Waals surface area (Å²) in [6.07, 6.45) is 2.21. The molecule has 2 rings (SSSR count). The van der Waals surface area contributed by atoms with Gasteiger partial charge in [0.1, 0.15) is 5.75 Å². The van der Waals surface area contributed by atoms with E-state index < -0.39 is 0 Å². The molecule has 128 valence electrons. The fourth-order valence-corrected chi connectivity index (χ4v) is 2.69. The normalized spacial score (nSPS) is 15.5. The van der Waals surface area contributed by atoms with Gasteiger partial charge in [-0.2, -0.15) is 0 Å². The lowest BCUT2D eigenvalue weighted by Crippen LogP contribution is -2.52. The molecule has 0 unspecified atom stereocenters. The maximum absolute atomic E-state index is 12.1. The van der Waals surface area contributed by atoms with E-state index in [0.717, 1.165) is 51.3 Å². The van der Waals surface area contributed by atoms with Crippen molar-refractivity contribution < 1.29 is 9.53 Å². The average molecular weight is 320 g/mol. The van der Waals surface area contributed by atoms with Gasteiger partial charge in [-0.05, 0) is 24.1 Å². The molecule has 0 saturated carbocycles. The largest absolute Gasteiger partial charge is 0.473 e. The summed E-state index contributed by atoms with van der Waals surface area (Å²) < 4.78 is 5.57. The van der Waals surface area contributed by atoms with Crippen molar-refractivity contribution in [2.24, 2.45) is 5.73 Å². The zero-order valence-electron chi connectivity index (χ0n) is 14.0.